The summed E-state index contributed by atoms with van der Waals surface area (Å²) in [5.41, 5.74) is 1.55. The van der Waals surface area contributed by atoms with E-state index in [1.54, 1.807) is 35.6 Å². The van der Waals surface area contributed by atoms with Crippen molar-refractivity contribution in [1.29, 1.82) is 0 Å². The number of benzene rings is 2. The molecule has 0 saturated heterocycles. The minimum absolute atomic E-state index is 0.235. The first-order valence-corrected chi connectivity index (χ1v) is 8.22. The number of pyridine rings is 1. The molecule has 0 atom stereocenters. The molecule has 4 aromatic rings. The van der Waals surface area contributed by atoms with E-state index in [-0.39, 0.29) is 17.2 Å². The first kappa shape index (κ1) is 14.6. The van der Waals surface area contributed by atoms with E-state index in [4.69, 9.17) is 0 Å². The Morgan fingerprint density at radius 1 is 1.17 bits per heavy atom. The molecule has 1 amide bonds. The summed E-state index contributed by atoms with van der Waals surface area (Å²) >= 11 is 1.57. The van der Waals surface area contributed by atoms with Crippen LogP contribution in [-0.4, -0.2) is 15.9 Å². The van der Waals surface area contributed by atoms with Crippen LogP contribution in [0.15, 0.2) is 53.3 Å². The van der Waals surface area contributed by atoms with E-state index in [1.807, 2.05) is 31.2 Å². The maximum atomic E-state index is 12.5. The summed E-state index contributed by atoms with van der Waals surface area (Å²) in [5, 5.41) is 5.10. The smallest absolute Gasteiger partial charge is 0.272 e. The van der Waals surface area contributed by atoms with Gasteiger partial charge in [-0.2, -0.15) is 0 Å². The van der Waals surface area contributed by atoms with E-state index < -0.39 is 0 Å². The highest BCUT2D eigenvalue weighted by atomic mass is 32.1. The topological polar surface area (TPSA) is 74.8 Å². The molecular weight excluding hydrogens is 322 g/mol. The van der Waals surface area contributed by atoms with E-state index in [9.17, 15) is 9.59 Å². The highest BCUT2D eigenvalue weighted by molar-refractivity contribution is 7.18. The number of hydrogen-bond donors (Lipinski definition) is 2. The molecule has 24 heavy (non-hydrogen) atoms. The van der Waals surface area contributed by atoms with E-state index in [0.29, 0.717) is 11.1 Å². The molecular formula is C18H13N3O2S. The molecule has 6 heteroatoms. The second-order valence-electron chi connectivity index (χ2n) is 5.47. The fourth-order valence-electron chi connectivity index (χ4n) is 2.65. The highest BCUT2D eigenvalue weighted by Crippen LogP contribution is 2.25. The van der Waals surface area contributed by atoms with Gasteiger partial charge in [-0.15, -0.1) is 11.3 Å². The zero-order chi connectivity index (χ0) is 16.7. The molecule has 0 unspecified atom stereocenters. The summed E-state index contributed by atoms with van der Waals surface area (Å²) in [6, 6.07) is 14.4. The number of nitrogens with zero attached hydrogens (tertiary/aromatic N) is 1. The number of hydrogen-bond acceptors (Lipinski definition) is 4. The molecule has 118 valence electrons. The van der Waals surface area contributed by atoms with Crippen molar-refractivity contribution in [3.8, 4) is 0 Å². The summed E-state index contributed by atoms with van der Waals surface area (Å²) in [7, 11) is 0. The number of carbonyl (C=O) groups is 1. The molecule has 5 nitrogen and oxygen atoms in total. The molecule has 2 aromatic heterocycles. The largest absolute Gasteiger partial charge is 0.321 e. The van der Waals surface area contributed by atoms with Gasteiger partial charge < -0.3 is 10.3 Å². The maximum Gasteiger partial charge on any atom is 0.272 e. The van der Waals surface area contributed by atoms with Crippen LogP contribution in [0.3, 0.4) is 0 Å². The van der Waals surface area contributed by atoms with Crippen LogP contribution in [0.2, 0.25) is 0 Å². The maximum absolute atomic E-state index is 12.5. The zero-order valence-electron chi connectivity index (χ0n) is 12.8. The summed E-state index contributed by atoms with van der Waals surface area (Å²) in [6.07, 6.45) is 0. The van der Waals surface area contributed by atoms with Crippen LogP contribution in [0.5, 0.6) is 0 Å². The van der Waals surface area contributed by atoms with Gasteiger partial charge in [-0.05, 0) is 42.6 Å². The van der Waals surface area contributed by atoms with E-state index >= 15 is 0 Å². The quantitative estimate of drug-likeness (QED) is 0.586. The van der Waals surface area contributed by atoms with Gasteiger partial charge >= 0.3 is 0 Å². The number of anilines is 1. The lowest BCUT2D eigenvalue weighted by atomic mass is 10.1. The molecule has 0 fully saturated rings. The van der Waals surface area contributed by atoms with Crippen molar-refractivity contribution in [2.45, 2.75) is 6.92 Å². The van der Waals surface area contributed by atoms with Crippen molar-refractivity contribution >= 4 is 43.9 Å². The minimum Gasteiger partial charge on any atom is -0.321 e. The number of H-pyrrole nitrogens is 1. The third kappa shape index (κ3) is 2.57. The Balaban J connectivity index is 1.68. The fourth-order valence-corrected chi connectivity index (χ4v) is 3.52. The lowest BCUT2D eigenvalue weighted by Crippen LogP contribution is -2.18. The Bertz CT molecular complexity index is 1140. The highest BCUT2D eigenvalue weighted by Gasteiger charge is 2.10. The molecule has 0 aliphatic heterocycles. The predicted molar refractivity (Wildman–Crippen MR) is 96.9 cm³/mol. The van der Waals surface area contributed by atoms with Crippen LogP contribution < -0.4 is 10.9 Å². The van der Waals surface area contributed by atoms with Crippen LogP contribution in [0.1, 0.15) is 15.5 Å². The number of amides is 1. The molecule has 2 N–H and O–H groups in total. The van der Waals surface area contributed by atoms with Crippen molar-refractivity contribution in [2.24, 2.45) is 0 Å². The van der Waals surface area contributed by atoms with Crippen molar-refractivity contribution < 1.29 is 4.79 Å². The van der Waals surface area contributed by atoms with Crippen molar-refractivity contribution in [3.05, 3.63) is 69.6 Å². The van der Waals surface area contributed by atoms with Gasteiger partial charge in [0.05, 0.1) is 15.2 Å². The van der Waals surface area contributed by atoms with Gasteiger partial charge in [0.1, 0.15) is 5.69 Å². The molecule has 2 heterocycles. The third-order valence-corrected chi connectivity index (χ3v) is 4.68. The van der Waals surface area contributed by atoms with Crippen LogP contribution >= 0.6 is 11.3 Å². The monoisotopic (exact) mass is 335 g/mol. The molecule has 0 aliphatic carbocycles. The molecule has 0 bridgehead atoms. The standard InChI is InChI=1S/C18H13N3O2S/c1-10-19-14-7-6-12(9-16(14)24-10)20-18(23)15-8-11-4-2-3-5-13(11)17(22)21-15/h2-9H,1H3,(H,20,23)(H,21,22). The summed E-state index contributed by atoms with van der Waals surface area (Å²) in [4.78, 5) is 31.6. The number of aromatic nitrogens is 2. The molecule has 0 saturated carbocycles. The number of fused-ring (bicyclic) bond motifs is 2. The Labute approximate surface area is 141 Å². The first-order valence-electron chi connectivity index (χ1n) is 7.41. The van der Waals surface area contributed by atoms with Gasteiger partial charge in [-0.3, -0.25) is 9.59 Å². The van der Waals surface area contributed by atoms with Gasteiger partial charge in [0, 0.05) is 11.1 Å². The third-order valence-electron chi connectivity index (χ3n) is 3.75. The number of rotatable bonds is 2. The molecule has 0 radical (unpaired) electrons. The van der Waals surface area contributed by atoms with Crippen LogP contribution in [0.4, 0.5) is 5.69 Å². The first-order chi connectivity index (χ1) is 11.6. The van der Waals surface area contributed by atoms with Crippen molar-refractivity contribution in [3.63, 3.8) is 0 Å². The van der Waals surface area contributed by atoms with Crippen LogP contribution in [0, 0.1) is 6.92 Å². The lowest BCUT2D eigenvalue weighted by Gasteiger charge is -2.06. The second-order valence-corrected chi connectivity index (χ2v) is 6.70. The van der Waals surface area contributed by atoms with Gasteiger partial charge in [0.2, 0.25) is 0 Å². The number of thiazole rings is 1. The summed E-state index contributed by atoms with van der Waals surface area (Å²) in [6.45, 7) is 1.95. The second kappa shape index (κ2) is 5.58. The van der Waals surface area contributed by atoms with E-state index in [2.05, 4.69) is 15.3 Å². The van der Waals surface area contributed by atoms with Gasteiger partial charge in [0.15, 0.2) is 0 Å². The number of nitrogens with one attached hydrogen (secondary N) is 2. The van der Waals surface area contributed by atoms with Crippen molar-refractivity contribution in [1.82, 2.24) is 9.97 Å². The Morgan fingerprint density at radius 3 is 2.88 bits per heavy atom. The molecule has 0 aliphatic rings. The normalized spacial score (nSPS) is 11.0. The zero-order valence-corrected chi connectivity index (χ0v) is 13.6. The van der Waals surface area contributed by atoms with Gasteiger partial charge in [-0.1, -0.05) is 18.2 Å². The Hall–Kier alpha value is -2.99. The SMILES string of the molecule is Cc1nc2ccc(NC(=O)c3cc4ccccc4c(=O)[nH]3)cc2s1. The lowest BCUT2D eigenvalue weighted by molar-refractivity contribution is 0.102. The average Bonchev–Trinajstić information content (AvgIpc) is 2.94. The number of aromatic amines is 1. The number of carbonyl (C=O) groups excluding carboxylic acids is 1. The summed E-state index contributed by atoms with van der Waals surface area (Å²) in [5.74, 6) is -0.349. The van der Waals surface area contributed by atoms with Gasteiger partial charge in [-0.25, -0.2) is 4.98 Å². The van der Waals surface area contributed by atoms with Crippen LogP contribution in [0.25, 0.3) is 21.0 Å². The average molecular weight is 335 g/mol. The molecule has 4 rings (SSSR count). The minimum atomic E-state index is -0.349. The Morgan fingerprint density at radius 2 is 2.00 bits per heavy atom. The Kier molecular flexibility index (Phi) is 3.39. The van der Waals surface area contributed by atoms with Crippen LogP contribution in [-0.2, 0) is 0 Å². The fraction of sp³-hybridized carbons (Fsp3) is 0.0556. The summed E-state index contributed by atoms with van der Waals surface area (Å²) < 4.78 is 1.01. The number of aryl methyl sites for hydroxylation is 1. The molecule has 0 spiro atoms. The van der Waals surface area contributed by atoms with Gasteiger partial charge in [0.25, 0.3) is 11.5 Å². The van der Waals surface area contributed by atoms with Crippen molar-refractivity contribution in [2.75, 3.05) is 5.32 Å². The van der Waals surface area contributed by atoms with E-state index in [1.165, 1.54) is 0 Å². The molecule has 2 aromatic carbocycles. The van der Waals surface area contributed by atoms with E-state index in [0.717, 1.165) is 20.6 Å². The predicted octanol–water partition coefficient (Wildman–Crippen LogP) is 3.70.